The molecule has 2 aromatic carbocycles. The third-order valence-electron chi connectivity index (χ3n) is 7.44. The average molecular weight is 524 g/mol. The highest BCUT2D eigenvalue weighted by molar-refractivity contribution is 6.06. The van der Waals surface area contributed by atoms with Gasteiger partial charge in [0.2, 0.25) is 0 Å². The number of amides is 1. The highest BCUT2D eigenvalue weighted by atomic mass is 19.4. The molecule has 38 heavy (non-hydrogen) atoms. The Morgan fingerprint density at radius 3 is 2.55 bits per heavy atom. The Bertz CT molecular complexity index is 1480. The molecule has 0 bridgehead atoms. The number of hydrogen-bond donors (Lipinski definition) is 1. The van der Waals surface area contributed by atoms with E-state index in [2.05, 4.69) is 10.3 Å². The summed E-state index contributed by atoms with van der Waals surface area (Å²) in [6, 6.07) is 13.3. The van der Waals surface area contributed by atoms with E-state index in [0.717, 1.165) is 41.4 Å². The highest BCUT2D eigenvalue weighted by Crippen LogP contribution is 2.35. The van der Waals surface area contributed by atoms with Gasteiger partial charge in [0.05, 0.1) is 41.9 Å². The largest absolute Gasteiger partial charge is 0.469 e. The lowest BCUT2D eigenvalue weighted by Gasteiger charge is -2.27. The molecule has 0 saturated heterocycles. The second-order valence-electron chi connectivity index (χ2n) is 9.83. The van der Waals surface area contributed by atoms with E-state index in [-0.39, 0.29) is 23.4 Å². The fourth-order valence-electron chi connectivity index (χ4n) is 5.39. The third kappa shape index (κ3) is 5.23. The van der Waals surface area contributed by atoms with Gasteiger partial charge in [0, 0.05) is 29.7 Å². The van der Waals surface area contributed by atoms with Gasteiger partial charge in [-0.2, -0.15) is 13.2 Å². The summed E-state index contributed by atoms with van der Waals surface area (Å²) in [5.74, 6) is -0.767. The van der Waals surface area contributed by atoms with Gasteiger partial charge in [-0.1, -0.05) is 24.3 Å². The normalized spacial score (nSPS) is 18.0. The van der Waals surface area contributed by atoms with E-state index in [1.54, 1.807) is 23.0 Å². The van der Waals surface area contributed by atoms with E-state index in [0.29, 0.717) is 36.8 Å². The zero-order valence-electron chi connectivity index (χ0n) is 20.9. The molecule has 6 nitrogen and oxygen atoms in total. The molecule has 5 rings (SSSR count). The number of esters is 1. The molecule has 1 aliphatic rings. The Balaban J connectivity index is 1.43. The first-order chi connectivity index (χ1) is 18.2. The molecule has 2 aromatic heterocycles. The Kier molecular flexibility index (Phi) is 7.10. The predicted octanol–water partition coefficient (Wildman–Crippen LogP) is 5.97. The molecular weight excluding hydrogens is 495 g/mol. The number of nitrogens with zero attached hydrogens (tertiary/aromatic N) is 2. The molecule has 1 amide bonds. The number of nitrogens with one attached hydrogen (secondary N) is 1. The summed E-state index contributed by atoms with van der Waals surface area (Å²) in [6.07, 6.45) is 1.62. The molecule has 1 N–H and O–H groups in total. The number of methoxy groups -OCH3 is 1. The van der Waals surface area contributed by atoms with Gasteiger partial charge in [0.25, 0.3) is 5.91 Å². The Labute approximate surface area is 217 Å². The number of fused-ring (bicyclic) bond motifs is 2. The minimum atomic E-state index is -4.59. The van der Waals surface area contributed by atoms with Crippen molar-refractivity contribution in [1.82, 2.24) is 14.9 Å². The number of halogens is 3. The van der Waals surface area contributed by atoms with E-state index in [1.165, 1.54) is 7.11 Å². The lowest BCUT2D eigenvalue weighted by molar-refractivity contribution is -0.146. The molecule has 1 fully saturated rings. The second kappa shape index (κ2) is 10.5. The maximum absolute atomic E-state index is 13.7. The molecule has 1 saturated carbocycles. The van der Waals surface area contributed by atoms with Crippen LogP contribution in [0.15, 0.2) is 60.9 Å². The van der Waals surface area contributed by atoms with Crippen LogP contribution in [0.1, 0.15) is 47.3 Å². The van der Waals surface area contributed by atoms with Gasteiger partial charge in [-0.25, -0.2) is 0 Å². The van der Waals surface area contributed by atoms with Gasteiger partial charge in [-0.05, 0) is 61.3 Å². The van der Waals surface area contributed by atoms with Gasteiger partial charge < -0.3 is 14.6 Å². The second-order valence-corrected chi connectivity index (χ2v) is 9.83. The van der Waals surface area contributed by atoms with Gasteiger partial charge in [0.15, 0.2) is 0 Å². The van der Waals surface area contributed by atoms with Crippen molar-refractivity contribution in [2.75, 3.05) is 13.7 Å². The Morgan fingerprint density at radius 1 is 1.05 bits per heavy atom. The standard InChI is InChI=1S/C29H28F3N3O3/c1-38-28(37)20-8-6-18(7-9-20)16-34-27(36)24-15-22(29(30,31)32)14-21-11-13-35(26(21)24)17-25-23-5-3-2-4-19(23)10-12-33-25/h2-5,10-15,18,20H,6-9,16-17H2,1H3,(H,34,36)/t18-,20-. The van der Waals surface area contributed by atoms with Crippen molar-refractivity contribution in [1.29, 1.82) is 0 Å². The van der Waals surface area contributed by atoms with Crippen LogP contribution in [0.5, 0.6) is 0 Å². The summed E-state index contributed by atoms with van der Waals surface area (Å²) in [5.41, 5.74) is 0.298. The van der Waals surface area contributed by atoms with Crippen LogP contribution in [0, 0.1) is 11.8 Å². The number of carbonyl (C=O) groups excluding carboxylic acids is 2. The van der Waals surface area contributed by atoms with Crippen molar-refractivity contribution in [2.24, 2.45) is 11.8 Å². The smallest absolute Gasteiger partial charge is 0.416 e. The average Bonchev–Trinajstić information content (AvgIpc) is 3.33. The van der Waals surface area contributed by atoms with Crippen molar-refractivity contribution in [3.05, 3.63) is 77.7 Å². The number of carbonyl (C=O) groups is 2. The summed E-state index contributed by atoms with van der Waals surface area (Å²) in [6.45, 7) is 0.629. The fourth-order valence-corrected chi connectivity index (χ4v) is 5.39. The Morgan fingerprint density at radius 2 is 1.82 bits per heavy atom. The summed E-state index contributed by atoms with van der Waals surface area (Å²) in [7, 11) is 1.37. The first-order valence-corrected chi connectivity index (χ1v) is 12.6. The van der Waals surface area contributed by atoms with Crippen LogP contribution in [0.4, 0.5) is 13.2 Å². The lowest BCUT2D eigenvalue weighted by Crippen LogP contribution is -2.33. The van der Waals surface area contributed by atoms with Crippen LogP contribution in [-0.4, -0.2) is 35.1 Å². The molecule has 4 aromatic rings. The van der Waals surface area contributed by atoms with Crippen LogP contribution in [-0.2, 0) is 22.3 Å². The molecular formula is C29H28F3N3O3. The van der Waals surface area contributed by atoms with E-state index in [1.807, 2.05) is 30.3 Å². The number of aromatic nitrogens is 2. The van der Waals surface area contributed by atoms with Crippen molar-refractivity contribution >= 4 is 33.6 Å². The minimum Gasteiger partial charge on any atom is -0.469 e. The zero-order valence-corrected chi connectivity index (χ0v) is 20.9. The Hall–Kier alpha value is -3.88. The summed E-state index contributed by atoms with van der Waals surface area (Å²) < 4.78 is 47.7. The fraction of sp³-hybridized carbons (Fsp3) is 0.345. The maximum atomic E-state index is 13.7. The molecule has 0 atom stereocenters. The molecule has 0 aliphatic heterocycles. The minimum absolute atomic E-state index is 0.0247. The number of alkyl halides is 3. The van der Waals surface area contributed by atoms with Gasteiger partial charge in [-0.15, -0.1) is 0 Å². The summed E-state index contributed by atoms with van der Waals surface area (Å²) in [4.78, 5) is 29.6. The van der Waals surface area contributed by atoms with E-state index < -0.39 is 17.6 Å². The van der Waals surface area contributed by atoms with E-state index in [9.17, 15) is 22.8 Å². The van der Waals surface area contributed by atoms with Gasteiger partial charge in [-0.3, -0.25) is 14.6 Å². The maximum Gasteiger partial charge on any atom is 0.416 e. The van der Waals surface area contributed by atoms with Crippen LogP contribution < -0.4 is 5.32 Å². The third-order valence-corrected chi connectivity index (χ3v) is 7.44. The van der Waals surface area contributed by atoms with Crippen molar-refractivity contribution in [3.63, 3.8) is 0 Å². The summed E-state index contributed by atoms with van der Waals surface area (Å²) in [5, 5.41) is 5.14. The first kappa shape index (κ1) is 25.8. The van der Waals surface area contributed by atoms with Crippen molar-refractivity contribution < 1.29 is 27.5 Å². The van der Waals surface area contributed by atoms with Crippen molar-refractivity contribution in [2.45, 2.75) is 38.4 Å². The topological polar surface area (TPSA) is 73.2 Å². The van der Waals surface area contributed by atoms with Crippen LogP contribution in [0.2, 0.25) is 0 Å². The number of ether oxygens (including phenoxy) is 1. The number of hydrogen-bond acceptors (Lipinski definition) is 4. The predicted molar refractivity (Wildman–Crippen MR) is 138 cm³/mol. The SMILES string of the molecule is COC(=O)[C@H]1CC[C@H](CNC(=O)c2cc(C(F)(F)F)cc3ccn(Cc4nccc5ccccc45)c23)CC1. The van der Waals surface area contributed by atoms with E-state index >= 15 is 0 Å². The molecule has 0 unspecified atom stereocenters. The monoisotopic (exact) mass is 523 g/mol. The highest BCUT2D eigenvalue weighted by Gasteiger charge is 2.33. The van der Waals surface area contributed by atoms with E-state index in [4.69, 9.17) is 4.74 Å². The molecule has 9 heteroatoms. The number of pyridine rings is 1. The van der Waals surface area contributed by atoms with Crippen LogP contribution in [0.25, 0.3) is 21.7 Å². The summed E-state index contributed by atoms with van der Waals surface area (Å²) >= 11 is 0. The molecule has 0 spiro atoms. The lowest BCUT2D eigenvalue weighted by atomic mass is 9.82. The number of rotatable bonds is 6. The van der Waals surface area contributed by atoms with Crippen molar-refractivity contribution in [3.8, 4) is 0 Å². The molecule has 1 aliphatic carbocycles. The number of benzene rings is 2. The molecule has 198 valence electrons. The first-order valence-electron chi connectivity index (χ1n) is 12.6. The molecule has 0 radical (unpaired) electrons. The quantitative estimate of drug-likeness (QED) is 0.316. The zero-order chi connectivity index (χ0) is 26.9. The van der Waals surface area contributed by atoms with Gasteiger partial charge in [0.1, 0.15) is 0 Å². The van der Waals surface area contributed by atoms with Gasteiger partial charge >= 0.3 is 12.1 Å². The molecule has 2 heterocycles. The van der Waals surface area contributed by atoms with Crippen LogP contribution >= 0.6 is 0 Å². The van der Waals surface area contributed by atoms with Crippen LogP contribution in [0.3, 0.4) is 0 Å².